The maximum Gasteiger partial charge on any atom is 0.297 e. The molecule has 122 valence electrons. The first-order valence-electron chi connectivity index (χ1n) is 7.78. The molecule has 1 aliphatic rings. The van der Waals surface area contributed by atoms with E-state index >= 15 is 0 Å². The Morgan fingerprint density at radius 3 is 2.58 bits per heavy atom. The number of nitrogens with one attached hydrogen (secondary N) is 1. The second-order valence-electron chi connectivity index (χ2n) is 5.95. The van der Waals surface area contributed by atoms with Crippen LogP contribution in [0.4, 0.5) is 5.69 Å². The highest BCUT2D eigenvalue weighted by Crippen LogP contribution is 2.36. The van der Waals surface area contributed by atoms with E-state index in [4.69, 9.17) is 4.52 Å². The number of non-ortho nitro benzene ring substituents is 1. The van der Waals surface area contributed by atoms with Gasteiger partial charge in [0, 0.05) is 23.6 Å². The predicted octanol–water partition coefficient (Wildman–Crippen LogP) is 3.14. The molecule has 1 fully saturated rings. The molecule has 0 amide bonds. The Labute approximate surface area is 135 Å². The first kappa shape index (κ1) is 14.6. The van der Waals surface area contributed by atoms with Gasteiger partial charge in [-0.3, -0.25) is 14.9 Å². The van der Waals surface area contributed by atoms with Crippen LogP contribution in [0.3, 0.4) is 0 Å². The third-order valence-electron chi connectivity index (χ3n) is 4.45. The van der Waals surface area contributed by atoms with Crippen LogP contribution in [0.1, 0.15) is 37.3 Å². The number of nitro groups is 1. The number of hydrogen-bond donors (Lipinski definition) is 1. The normalized spacial score (nSPS) is 15.2. The Hall–Kier alpha value is -3.03. The van der Waals surface area contributed by atoms with Crippen molar-refractivity contribution in [1.29, 1.82) is 0 Å². The monoisotopic (exact) mass is 326 g/mol. The fourth-order valence-electron chi connectivity index (χ4n) is 3.20. The van der Waals surface area contributed by atoms with Crippen LogP contribution < -0.4 is 5.56 Å². The fraction of sp³-hybridized carbons (Fsp3) is 0.312. The molecule has 1 aliphatic carbocycles. The quantitative estimate of drug-likeness (QED) is 0.584. The van der Waals surface area contributed by atoms with Gasteiger partial charge < -0.3 is 9.51 Å². The lowest BCUT2D eigenvalue weighted by atomic mass is 10.0. The highest BCUT2D eigenvalue weighted by molar-refractivity contribution is 5.77. The van der Waals surface area contributed by atoms with Crippen molar-refractivity contribution >= 4 is 16.8 Å². The van der Waals surface area contributed by atoms with Gasteiger partial charge in [-0.2, -0.15) is 0 Å². The van der Waals surface area contributed by atoms with Gasteiger partial charge in [-0.15, -0.1) is 0 Å². The molecule has 4 rings (SSSR count). The van der Waals surface area contributed by atoms with E-state index < -0.39 is 10.5 Å². The summed E-state index contributed by atoms with van der Waals surface area (Å²) >= 11 is 0. The van der Waals surface area contributed by atoms with E-state index in [1.165, 1.54) is 12.1 Å². The lowest BCUT2D eigenvalue weighted by molar-refractivity contribution is -0.384. The summed E-state index contributed by atoms with van der Waals surface area (Å²) in [6, 6.07) is 5.88. The van der Waals surface area contributed by atoms with E-state index in [0.29, 0.717) is 16.9 Å². The van der Waals surface area contributed by atoms with E-state index in [1.54, 1.807) is 12.1 Å². The van der Waals surface area contributed by atoms with Crippen molar-refractivity contribution in [3.8, 4) is 11.4 Å². The third kappa shape index (κ3) is 2.36. The van der Waals surface area contributed by atoms with Crippen molar-refractivity contribution in [2.24, 2.45) is 0 Å². The smallest absolute Gasteiger partial charge is 0.297 e. The van der Waals surface area contributed by atoms with Gasteiger partial charge in [0.25, 0.3) is 11.2 Å². The number of fused-ring (bicyclic) bond motifs is 1. The van der Waals surface area contributed by atoms with Crippen LogP contribution in [0, 0.1) is 10.1 Å². The van der Waals surface area contributed by atoms with Crippen molar-refractivity contribution in [3.63, 3.8) is 0 Å². The summed E-state index contributed by atoms with van der Waals surface area (Å²) in [5.41, 5.74) is 1.53. The minimum Gasteiger partial charge on any atom is -0.348 e. The fourth-order valence-corrected chi connectivity index (χ4v) is 3.20. The van der Waals surface area contributed by atoms with Gasteiger partial charge >= 0.3 is 0 Å². The molecule has 0 saturated heterocycles. The molecular formula is C16H14N4O4. The standard InChI is InChI=1S/C16H14N4O4/c21-16-14-13(12(19-24-14)9-3-1-2-4-9)17-15(18-16)10-5-7-11(8-6-10)20(22)23/h5-9H,1-4H2,(H,17,18,21). The van der Waals surface area contributed by atoms with Crippen molar-refractivity contribution < 1.29 is 9.45 Å². The van der Waals surface area contributed by atoms with E-state index in [1.807, 2.05) is 0 Å². The Morgan fingerprint density at radius 2 is 1.92 bits per heavy atom. The Kier molecular flexibility index (Phi) is 3.37. The Morgan fingerprint density at radius 1 is 1.21 bits per heavy atom. The molecule has 2 aromatic heterocycles. The van der Waals surface area contributed by atoms with E-state index in [-0.39, 0.29) is 17.2 Å². The molecule has 8 heteroatoms. The number of aromatic amines is 1. The Bertz CT molecular complexity index is 968. The molecule has 0 radical (unpaired) electrons. The largest absolute Gasteiger partial charge is 0.348 e. The molecule has 8 nitrogen and oxygen atoms in total. The zero-order valence-corrected chi connectivity index (χ0v) is 12.7. The summed E-state index contributed by atoms with van der Waals surface area (Å²) in [6.07, 6.45) is 4.31. The number of nitro benzene ring substituents is 1. The number of benzene rings is 1. The van der Waals surface area contributed by atoms with Gasteiger partial charge in [0.15, 0.2) is 0 Å². The summed E-state index contributed by atoms with van der Waals surface area (Å²) in [4.78, 5) is 29.7. The minimum atomic E-state index is -0.471. The number of rotatable bonds is 3. The Balaban J connectivity index is 1.82. The van der Waals surface area contributed by atoms with Crippen LogP contribution in [-0.4, -0.2) is 20.0 Å². The number of H-pyrrole nitrogens is 1. The molecule has 2 heterocycles. The van der Waals surface area contributed by atoms with E-state index in [9.17, 15) is 14.9 Å². The molecule has 0 unspecified atom stereocenters. The van der Waals surface area contributed by atoms with Gasteiger partial charge in [0.1, 0.15) is 17.0 Å². The summed E-state index contributed by atoms with van der Waals surface area (Å²) in [5.74, 6) is 0.620. The van der Waals surface area contributed by atoms with E-state index in [2.05, 4.69) is 15.1 Å². The van der Waals surface area contributed by atoms with Crippen LogP contribution in [0.5, 0.6) is 0 Å². The molecular weight excluding hydrogens is 312 g/mol. The van der Waals surface area contributed by atoms with Crippen LogP contribution in [0.2, 0.25) is 0 Å². The van der Waals surface area contributed by atoms with Gasteiger partial charge in [-0.05, 0) is 25.0 Å². The lowest BCUT2D eigenvalue weighted by Crippen LogP contribution is -2.09. The first-order valence-corrected chi connectivity index (χ1v) is 7.78. The minimum absolute atomic E-state index is 0.0150. The maximum atomic E-state index is 12.2. The topological polar surface area (TPSA) is 115 Å². The zero-order chi connectivity index (χ0) is 16.7. The zero-order valence-electron chi connectivity index (χ0n) is 12.7. The molecule has 0 spiro atoms. The lowest BCUT2D eigenvalue weighted by Gasteiger charge is -2.04. The van der Waals surface area contributed by atoms with E-state index in [0.717, 1.165) is 31.4 Å². The molecule has 0 aliphatic heterocycles. The molecule has 1 aromatic carbocycles. The maximum absolute atomic E-state index is 12.2. The van der Waals surface area contributed by atoms with Crippen LogP contribution in [-0.2, 0) is 0 Å². The predicted molar refractivity (Wildman–Crippen MR) is 85.7 cm³/mol. The molecule has 0 atom stereocenters. The van der Waals surface area contributed by atoms with Crippen LogP contribution in [0.15, 0.2) is 33.6 Å². The van der Waals surface area contributed by atoms with Crippen molar-refractivity contribution in [3.05, 3.63) is 50.4 Å². The summed E-state index contributed by atoms with van der Waals surface area (Å²) in [6.45, 7) is 0. The molecule has 1 saturated carbocycles. The SMILES string of the molecule is O=c1[nH]c(-c2ccc([N+](=O)[O-])cc2)nc2c(C3CCCC3)noc12. The molecule has 0 bridgehead atoms. The average molecular weight is 326 g/mol. The summed E-state index contributed by atoms with van der Waals surface area (Å²) in [5, 5.41) is 14.8. The average Bonchev–Trinajstić information content (AvgIpc) is 3.24. The number of nitrogens with zero attached hydrogens (tertiary/aromatic N) is 3. The van der Waals surface area contributed by atoms with Crippen LogP contribution in [0.25, 0.3) is 22.5 Å². The molecule has 1 N–H and O–H groups in total. The molecule has 3 aromatic rings. The number of aromatic nitrogens is 3. The van der Waals surface area contributed by atoms with Gasteiger partial charge in [0.2, 0.25) is 5.58 Å². The summed E-state index contributed by atoms with van der Waals surface area (Å²) < 4.78 is 5.19. The second-order valence-corrected chi connectivity index (χ2v) is 5.95. The van der Waals surface area contributed by atoms with Crippen molar-refractivity contribution in [2.75, 3.05) is 0 Å². The van der Waals surface area contributed by atoms with Crippen molar-refractivity contribution in [2.45, 2.75) is 31.6 Å². The van der Waals surface area contributed by atoms with Gasteiger partial charge in [-0.1, -0.05) is 18.0 Å². The number of hydrogen-bond acceptors (Lipinski definition) is 6. The summed E-state index contributed by atoms with van der Waals surface area (Å²) in [7, 11) is 0. The van der Waals surface area contributed by atoms with Gasteiger partial charge in [-0.25, -0.2) is 4.98 Å². The van der Waals surface area contributed by atoms with Crippen LogP contribution >= 0.6 is 0 Å². The highest BCUT2D eigenvalue weighted by Gasteiger charge is 2.25. The second kappa shape index (κ2) is 5.55. The third-order valence-corrected chi connectivity index (χ3v) is 4.45. The van der Waals surface area contributed by atoms with Crippen molar-refractivity contribution in [1.82, 2.24) is 15.1 Å². The first-order chi connectivity index (χ1) is 11.6. The highest BCUT2D eigenvalue weighted by atomic mass is 16.6. The molecule has 24 heavy (non-hydrogen) atoms. The van der Waals surface area contributed by atoms with Gasteiger partial charge in [0.05, 0.1) is 4.92 Å².